The molecule has 0 aromatic rings. The van der Waals surface area contributed by atoms with Gasteiger partial charge in [-0.1, -0.05) is 32.2 Å². The second-order valence-electron chi connectivity index (χ2n) is 4.47. The van der Waals surface area contributed by atoms with Gasteiger partial charge in [-0.25, -0.2) is 0 Å². The van der Waals surface area contributed by atoms with Crippen LogP contribution in [0.1, 0.15) is 48.0 Å². The molecular weight excluding hydrogens is 271 g/mol. The third-order valence-corrected chi connectivity index (χ3v) is 7.69. The zero-order chi connectivity index (χ0) is 13.5. The maximum Gasteiger partial charge on any atom is 0.211 e. The SMILES string of the molecule is CCC(C)N=CNP(=S)(OC(C)C)SC(C)C. The summed E-state index contributed by atoms with van der Waals surface area (Å²) in [5.41, 5.74) is -2.05. The van der Waals surface area contributed by atoms with E-state index in [1.54, 1.807) is 17.7 Å². The molecule has 0 aliphatic heterocycles. The Labute approximate surface area is 115 Å². The minimum atomic E-state index is -2.05. The second kappa shape index (κ2) is 8.52. The molecule has 2 unspecified atom stereocenters. The van der Waals surface area contributed by atoms with E-state index in [0.29, 0.717) is 11.3 Å². The van der Waals surface area contributed by atoms with E-state index >= 15 is 0 Å². The fourth-order valence-electron chi connectivity index (χ4n) is 0.977. The first kappa shape index (κ1) is 17.4. The van der Waals surface area contributed by atoms with Crippen molar-refractivity contribution in [2.45, 2.75) is 65.4 Å². The molecule has 0 rings (SSSR count). The lowest BCUT2D eigenvalue weighted by Gasteiger charge is -2.25. The van der Waals surface area contributed by atoms with Crippen LogP contribution in [0.2, 0.25) is 0 Å². The van der Waals surface area contributed by atoms with Crippen molar-refractivity contribution < 1.29 is 4.52 Å². The standard InChI is InChI=1S/C11H25N2OPS2/c1-7-11(6)12-8-13-15(16,14-9(2)3)17-10(4)5/h8-11H,7H2,1-6H3,(H,12,13,16). The summed E-state index contributed by atoms with van der Waals surface area (Å²) in [6.07, 6.45) is 2.90. The van der Waals surface area contributed by atoms with Gasteiger partial charge in [-0.2, -0.15) is 0 Å². The highest BCUT2D eigenvalue weighted by molar-refractivity contribution is 8.69. The first-order chi connectivity index (χ1) is 7.79. The molecule has 0 aliphatic rings. The molecule has 0 aromatic heterocycles. The van der Waals surface area contributed by atoms with Crippen LogP contribution >= 0.6 is 17.0 Å². The first-order valence-electron chi connectivity index (χ1n) is 6.05. The van der Waals surface area contributed by atoms with Crippen molar-refractivity contribution in [3.05, 3.63) is 0 Å². The summed E-state index contributed by atoms with van der Waals surface area (Å²) in [5.74, 6) is 0. The lowest BCUT2D eigenvalue weighted by atomic mass is 10.3. The Morgan fingerprint density at radius 2 is 1.94 bits per heavy atom. The van der Waals surface area contributed by atoms with Crippen molar-refractivity contribution in [3.8, 4) is 0 Å². The van der Waals surface area contributed by atoms with Crippen molar-refractivity contribution in [1.82, 2.24) is 5.09 Å². The molecule has 0 amide bonds. The van der Waals surface area contributed by atoms with E-state index in [-0.39, 0.29) is 6.10 Å². The number of nitrogens with zero attached hydrogens (tertiary/aromatic N) is 1. The number of nitrogens with one attached hydrogen (secondary N) is 1. The Balaban J connectivity index is 4.49. The van der Waals surface area contributed by atoms with E-state index in [2.05, 4.69) is 37.8 Å². The van der Waals surface area contributed by atoms with Crippen molar-refractivity contribution in [1.29, 1.82) is 0 Å². The Bertz CT molecular complexity index is 269. The summed E-state index contributed by atoms with van der Waals surface area (Å²) >= 11 is 7.28. The van der Waals surface area contributed by atoms with Crippen molar-refractivity contribution >= 4 is 35.1 Å². The third kappa shape index (κ3) is 9.06. The lowest BCUT2D eigenvalue weighted by Crippen LogP contribution is -2.14. The van der Waals surface area contributed by atoms with Crippen LogP contribution < -0.4 is 5.09 Å². The van der Waals surface area contributed by atoms with Gasteiger partial charge in [0.2, 0.25) is 5.62 Å². The molecule has 0 aliphatic carbocycles. The van der Waals surface area contributed by atoms with Gasteiger partial charge in [0, 0.05) is 11.3 Å². The predicted octanol–water partition coefficient (Wildman–Crippen LogP) is 4.19. The largest absolute Gasteiger partial charge is 0.324 e. The van der Waals surface area contributed by atoms with Gasteiger partial charge in [0.15, 0.2) is 0 Å². The number of hydrogen-bond donors (Lipinski definition) is 1. The summed E-state index contributed by atoms with van der Waals surface area (Å²) in [4.78, 5) is 4.37. The summed E-state index contributed by atoms with van der Waals surface area (Å²) in [7, 11) is 0. The zero-order valence-electron chi connectivity index (χ0n) is 11.6. The van der Waals surface area contributed by atoms with Crippen molar-refractivity contribution in [2.75, 3.05) is 0 Å². The summed E-state index contributed by atoms with van der Waals surface area (Å²) in [6.45, 7) is 12.5. The minimum Gasteiger partial charge on any atom is -0.324 e. The Hall–Kier alpha value is 0.430. The van der Waals surface area contributed by atoms with Gasteiger partial charge in [-0.15, -0.1) is 0 Å². The van der Waals surface area contributed by atoms with Crippen LogP contribution in [0.4, 0.5) is 0 Å². The lowest BCUT2D eigenvalue weighted by molar-refractivity contribution is 0.274. The quantitative estimate of drug-likeness (QED) is 0.413. The molecule has 0 bridgehead atoms. The van der Waals surface area contributed by atoms with Gasteiger partial charge in [0.05, 0.1) is 12.4 Å². The molecule has 0 heterocycles. The van der Waals surface area contributed by atoms with Gasteiger partial charge in [-0.3, -0.25) is 4.99 Å². The van der Waals surface area contributed by atoms with E-state index < -0.39 is 5.62 Å². The molecule has 0 fully saturated rings. The normalized spacial score (nSPS) is 17.6. The van der Waals surface area contributed by atoms with Gasteiger partial charge >= 0.3 is 0 Å². The molecule has 0 radical (unpaired) electrons. The third-order valence-electron chi connectivity index (χ3n) is 1.83. The fourth-order valence-corrected chi connectivity index (χ4v) is 7.33. The van der Waals surface area contributed by atoms with Gasteiger partial charge < -0.3 is 9.61 Å². The first-order valence-corrected chi connectivity index (χ1v) is 10.3. The van der Waals surface area contributed by atoms with Crippen LogP contribution in [-0.4, -0.2) is 23.7 Å². The summed E-state index contributed by atoms with van der Waals surface area (Å²) < 4.78 is 5.85. The van der Waals surface area contributed by atoms with Crippen molar-refractivity contribution in [2.24, 2.45) is 4.99 Å². The smallest absolute Gasteiger partial charge is 0.211 e. The zero-order valence-corrected chi connectivity index (χ0v) is 14.2. The van der Waals surface area contributed by atoms with Crippen molar-refractivity contribution in [3.63, 3.8) is 0 Å². The highest BCUT2D eigenvalue weighted by atomic mass is 32.9. The van der Waals surface area contributed by atoms with Gasteiger partial charge in [-0.05, 0) is 39.0 Å². The van der Waals surface area contributed by atoms with Gasteiger partial charge in [0.25, 0.3) is 0 Å². The molecular formula is C11H25N2OPS2. The Kier molecular flexibility index (Phi) is 8.73. The van der Waals surface area contributed by atoms with Crippen LogP contribution in [-0.2, 0) is 16.3 Å². The summed E-state index contributed by atoms with van der Waals surface area (Å²) in [5, 5.41) is 3.65. The fraction of sp³-hybridized carbons (Fsp3) is 0.909. The minimum absolute atomic E-state index is 0.136. The molecule has 0 aromatic carbocycles. The summed E-state index contributed by atoms with van der Waals surface area (Å²) in [6, 6.07) is 0.328. The molecule has 0 saturated heterocycles. The maximum atomic E-state index is 5.85. The van der Waals surface area contributed by atoms with E-state index in [1.807, 2.05) is 13.8 Å². The van der Waals surface area contributed by atoms with Crippen LogP contribution in [0.15, 0.2) is 4.99 Å². The van der Waals surface area contributed by atoms with E-state index in [9.17, 15) is 0 Å². The topological polar surface area (TPSA) is 33.6 Å². The van der Waals surface area contributed by atoms with E-state index in [4.69, 9.17) is 16.3 Å². The molecule has 0 spiro atoms. The van der Waals surface area contributed by atoms with Crippen LogP contribution in [0.3, 0.4) is 0 Å². The average Bonchev–Trinajstić information content (AvgIpc) is 2.14. The predicted molar refractivity (Wildman–Crippen MR) is 84.6 cm³/mol. The van der Waals surface area contributed by atoms with Crippen LogP contribution in [0, 0.1) is 0 Å². The molecule has 17 heavy (non-hydrogen) atoms. The van der Waals surface area contributed by atoms with Crippen LogP contribution in [0.25, 0.3) is 0 Å². The number of hydrogen-bond acceptors (Lipinski definition) is 4. The molecule has 3 nitrogen and oxygen atoms in total. The molecule has 102 valence electrons. The second-order valence-corrected chi connectivity index (χ2v) is 11.5. The Morgan fingerprint density at radius 3 is 2.35 bits per heavy atom. The number of aliphatic imine (C=N–C) groups is 1. The molecule has 6 heteroatoms. The van der Waals surface area contributed by atoms with E-state index in [0.717, 1.165) is 6.42 Å². The maximum absolute atomic E-state index is 5.85. The highest BCUT2D eigenvalue weighted by Gasteiger charge is 2.20. The van der Waals surface area contributed by atoms with Gasteiger partial charge in [0.1, 0.15) is 0 Å². The highest BCUT2D eigenvalue weighted by Crippen LogP contribution is 2.58. The number of rotatable bonds is 8. The average molecular weight is 296 g/mol. The van der Waals surface area contributed by atoms with Crippen LogP contribution in [0.5, 0.6) is 0 Å². The molecule has 2 atom stereocenters. The molecule has 0 saturated carbocycles. The molecule has 1 N–H and O–H groups in total. The monoisotopic (exact) mass is 296 g/mol. The Morgan fingerprint density at radius 1 is 1.35 bits per heavy atom. The van der Waals surface area contributed by atoms with E-state index in [1.165, 1.54) is 0 Å².